The molecule has 0 spiro atoms. The molecule has 1 atom stereocenters. The Balaban J connectivity index is 1.15. The molecule has 0 bridgehead atoms. The second kappa shape index (κ2) is 9.52. The highest BCUT2D eigenvalue weighted by Gasteiger charge is 2.36. The number of amides is 2. The van der Waals surface area contributed by atoms with Crippen molar-refractivity contribution in [1.29, 1.82) is 0 Å². The lowest BCUT2D eigenvalue weighted by atomic mass is 10.2. The maximum Gasteiger partial charge on any atom is 0.416 e. The van der Waals surface area contributed by atoms with Crippen LogP contribution in [0.2, 0.25) is 0 Å². The van der Waals surface area contributed by atoms with E-state index in [1.54, 1.807) is 43.6 Å². The van der Waals surface area contributed by atoms with Crippen molar-refractivity contribution in [2.75, 3.05) is 37.6 Å². The van der Waals surface area contributed by atoms with Crippen molar-refractivity contribution < 1.29 is 22.8 Å². The van der Waals surface area contributed by atoms with Gasteiger partial charge in [-0.2, -0.15) is 13.2 Å². The number of alkyl halides is 3. The second-order valence-corrected chi connectivity index (χ2v) is 10.1. The average Bonchev–Trinajstić information content (AvgIpc) is 3.68. The Morgan fingerprint density at radius 2 is 1.84 bits per heavy atom. The van der Waals surface area contributed by atoms with Crippen molar-refractivity contribution in [3.8, 4) is 5.82 Å². The third-order valence-electron chi connectivity index (χ3n) is 7.18. The topological polar surface area (TPSA) is 74.6 Å². The zero-order chi connectivity index (χ0) is 26.4. The molecule has 2 amide bonds. The SMILES string of the molecule is O=C(c1cscn1)N1CCN([C@@H]2CC(=O)N(c3ccc4c(ccn4-c4cc(C(F)(F)F)ccn4)c3)C2)CC1. The largest absolute Gasteiger partial charge is 0.416 e. The maximum atomic E-state index is 13.2. The normalized spacial score (nSPS) is 19.0. The van der Waals surface area contributed by atoms with Gasteiger partial charge in [-0.15, -0.1) is 11.3 Å². The number of hydrogen-bond acceptors (Lipinski definition) is 6. The molecule has 1 aromatic carbocycles. The zero-order valence-electron chi connectivity index (χ0n) is 20.1. The number of anilines is 1. The fourth-order valence-electron chi connectivity index (χ4n) is 5.18. The van der Waals surface area contributed by atoms with Crippen LogP contribution < -0.4 is 4.90 Å². The Kier molecular flexibility index (Phi) is 6.15. The molecule has 0 radical (unpaired) electrons. The summed E-state index contributed by atoms with van der Waals surface area (Å²) in [5.41, 5.74) is 2.81. The molecule has 5 heterocycles. The monoisotopic (exact) mass is 540 g/mol. The van der Waals surface area contributed by atoms with E-state index < -0.39 is 11.7 Å². The molecule has 2 saturated heterocycles. The van der Waals surface area contributed by atoms with E-state index in [9.17, 15) is 22.8 Å². The molecule has 196 valence electrons. The summed E-state index contributed by atoms with van der Waals surface area (Å²) in [4.78, 5) is 39.6. The summed E-state index contributed by atoms with van der Waals surface area (Å²) in [6.45, 7) is 3.09. The number of carbonyl (C=O) groups is 2. The van der Waals surface area contributed by atoms with Gasteiger partial charge in [0.15, 0.2) is 0 Å². The summed E-state index contributed by atoms with van der Waals surface area (Å²) in [7, 11) is 0. The Morgan fingerprint density at radius 1 is 1.03 bits per heavy atom. The van der Waals surface area contributed by atoms with Gasteiger partial charge in [-0.1, -0.05) is 0 Å². The van der Waals surface area contributed by atoms with Crippen LogP contribution in [-0.4, -0.2) is 74.9 Å². The summed E-state index contributed by atoms with van der Waals surface area (Å²) in [6.07, 6.45) is -1.23. The van der Waals surface area contributed by atoms with Gasteiger partial charge in [0.05, 0.1) is 16.6 Å². The molecule has 38 heavy (non-hydrogen) atoms. The standard InChI is InChI=1S/C26H23F3N6O2S/c27-26(28,29)18-3-5-30-23(12-18)34-6-4-17-11-19(1-2-22(17)34)35-14-20(13-24(35)36)32-7-9-33(10-8-32)25(37)21-15-38-16-31-21/h1-6,11-12,15-16,20H,7-10,13-14H2/t20-/m1/s1. The van der Waals surface area contributed by atoms with Crippen molar-refractivity contribution in [2.24, 2.45) is 0 Å². The molecular weight excluding hydrogens is 517 g/mol. The van der Waals surface area contributed by atoms with E-state index in [2.05, 4.69) is 14.9 Å². The lowest BCUT2D eigenvalue weighted by molar-refractivity contribution is -0.137. The summed E-state index contributed by atoms with van der Waals surface area (Å²) in [5.74, 6) is 0.136. The number of halogens is 3. The molecule has 0 saturated carbocycles. The van der Waals surface area contributed by atoms with Crippen molar-refractivity contribution in [2.45, 2.75) is 18.6 Å². The van der Waals surface area contributed by atoms with Crippen LogP contribution in [0, 0.1) is 0 Å². The van der Waals surface area contributed by atoms with Crippen LogP contribution >= 0.6 is 11.3 Å². The van der Waals surface area contributed by atoms with Gasteiger partial charge in [0, 0.05) is 74.0 Å². The molecule has 3 aromatic heterocycles. The summed E-state index contributed by atoms with van der Waals surface area (Å²) >= 11 is 1.40. The molecule has 0 N–H and O–H groups in total. The van der Waals surface area contributed by atoms with Gasteiger partial charge in [-0.05, 0) is 36.4 Å². The summed E-state index contributed by atoms with van der Waals surface area (Å²) in [6, 6.07) is 9.32. The van der Waals surface area contributed by atoms with Crippen molar-refractivity contribution >= 4 is 39.7 Å². The van der Waals surface area contributed by atoms with Crippen LogP contribution in [0.3, 0.4) is 0 Å². The molecule has 2 aliphatic heterocycles. The van der Waals surface area contributed by atoms with Crippen molar-refractivity contribution in [1.82, 2.24) is 24.3 Å². The van der Waals surface area contributed by atoms with Crippen molar-refractivity contribution in [3.63, 3.8) is 0 Å². The number of benzene rings is 1. The average molecular weight is 541 g/mol. The molecular formula is C26H23F3N6O2S. The van der Waals surface area contributed by atoms with Crippen LogP contribution in [0.1, 0.15) is 22.5 Å². The van der Waals surface area contributed by atoms with E-state index in [-0.39, 0.29) is 23.7 Å². The van der Waals surface area contributed by atoms with Gasteiger partial charge in [-0.25, -0.2) is 9.97 Å². The lowest BCUT2D eigenvalue weighted by Gasteiger charge is -2.37. The molecule has 6 rings (SSSR count). The van der Waals surface area contributed by atoms with Crippen LogP contribution in [-0.2, 0) is 11.0 Å². The Hall–Kier alpha value is -3.77. The maximum absolute atomic E-state index is 13.2. The number of pyridine rings is 1. The number of carbonyl (C=O) groups excluding carboxylic acids is 2. The number of rotatable bonds is 4. The van der Waals surface area contributed by atoms with Crippen LogP contribution in [0.25, 0.3) is 16.7 Å². The molecule has 2 fully saturated rings. The first-order valence-corrected chi connectivity index (χ1v) is 13.1. The first-order valence-electron chi connectivity index (χ1n) is 12.1. The van der Waals surface area contributed by atoms with Crippen LogP contribution in [0.15, 0.2) is 59.7 Å². The Labute approximate surface area is 219 Å². The number of piperazine rings is 1. The fourth-order valence-corrected chi connectivity index (χ4v) is 5.70. The minimum Gasteiger partial charge on any atom is -0.335 e. The van der Waals surface area contributed by atoms with Gasteiger partial charge in [0.2, 0.25) is 5.91 Å². The first-order chi connectivity index (χ1) is 18.3. The Bertz CT molecular complexity index is 1490. The third kappa shape index (κ3) is 4.54. The lowest BCUT2D eigenvalue weighted by Crippen LogP contribution is -2.52. The molecule has 8 nitrogen and oxygen atoms in total. The number of fused-ring (bicyclic) bond motifs is 1. The summed E-state index contributed by atoms with van der Waals surface area (Å²) < 4.78 is 41.1. The number of aromatic nitrogens is 3. The molecule has 12 heteroatoms. The van der Waals surface area contributed by atoms with E-state index in [1.165, 1.54) is 11.3 Å². The van der Waals surface area contributed by atoms with E-state index in [4.69, 9.17) is 0 Å². The van der Waals surface area contributed by atoms with Gasteiger partial charge in [0.1, 0.15) is 11.5 Å². The van der Waals surface area contributed by atoms with E-state index in [0.717, 1.165) is 29.4 Å². The molecule has 2 aliphatic rings. The van der Waals surface area contributed by atoms with E-state index in [0.29, 0.717) is 50.4 Å². The highest BCUT2D eigenvalue weighted by atomic mass is 32.1. The fraction of sp³-hybridized carbons (Fsp3) is 0.308. The number of hydrogen-bond donors (Lipinski definition) is 0. The minimum atomic E-state index is -4.45. The second-order valence-electron chi connectivity index (χ2n) is 9.39. The van der Waals surface area contributed by atoms with E-state index in [1.807, 2.05) is 12.1 Å². The van der Waals surface area contributed by atoms with E-state index >= 15 is 0 Å². The minimum absolute atomic E-state index is 0.0225. The molecule has 0 unspecified atom stereocenters. The van der Waals surface area contributed by atoms with Crippen LogP contribution in [0.4, 0.5) is 18.9 Å². The van der Waals surface area contributed by atoms with Crippen LogP contribution in [0.5, 0.6) is 0 Å². The zero-order valence-corrected chi connectivity index (χ0v) is 21.0. The number of nitrogens with zero attached hydrogens (tertiary/aromatic N) is 6. The van der Waals surface area contributed by atoms with Gasteiger partial charge in [0.25, 0.3) is 5.91 Å². The predicted octanol–water partition coefficient (Wildman–Crippen LogP) is 4.06. The quantitative estimate of drug-likeness (QED) is 0.390. The smallest absolute Gasteiger partial charge is 0.335 e. The predicted molar refractivity (Wildman–Crippen MR) is 136 cm³/mol. The van der Waals surface area contributed by atoms with Gasteiger partial charge >= 0.3 is 6.18 Å². The molecule has 4 aromatic rings. The van der Waals surface area contributed by atoms with Gasteiger partial charge < -0.3 is 14.4 Å². The van der Waals surface area contributed by atoms with Gasteiger partial charge in [-0.3, -0.25) is 14.5 Å². The highest BCUT2D eigenvalue weighted by Crippen LogP contribution is 2.32. The Morgan fingerprint density at radius 3 is 2.58 bits per heavy atom. The first kappa shape index (κ1) is 24.6. The highest BCUT2D eigenvalue weighted by molar-refractivity contribution is 7.07. The molecule has 0 aliphatic carbocycles. The van der Waals surface area contributed by atoms with Crippen molar-refractivity contribution in [3.05, 3.63) is 70.9 Å². The summed E-state index contributed by atoms with van der Waals surface area (Å²) in [5, 5.41) is 2.55. The third-order valence-corrected chi connectivity index (χ3v) is 7.77. The number of thiazole rings is 1.